The van der Waals surface area contributed by atoms with Crippen molar-refractivity contribution in [1.82, 2.24) is 9.80 Å². The zero-order valence-corrected chi connectivity index (χ0v) is 16.5. The number of amides is 2. The van der Waals surface area contributed by atoms with Gasteiger partial charge in [-0.05, 0) is 31.9 Å². The molecule has 10 heteroatoms. The predicted molar refractivity (Wildman–Crippen MR) is 102 cm³/mol. The van der Waals surface area contributed by atoms with Gasteiger partial charge in [-0.2, -0.15) is 0 Å². The third-order valence-electron chi connectivity index (χ3n) is 4.60. The quantitative estimate of drug-likeness (QED) is 0.361. The first kappa shape index (κ1) is 22.1. The zero-order valence-electron chi connectivity index (χ0n) is 16.5. The summed E-state index contributed by atoms with van der Waals surface area (Å²) in [6.07, 6.45) is 1.39. The summed E-state index contributed by atoms with van der Waals surface area (Å²) in [5.74, 6) is -0.970. The highest BCUT2D eigenvalue weighted by Gasteiger charge is 2.30. The number of esters is 1. The van der Waals surface area contributed by atoms with E-state index in [4.69, 9.17) is 9.47 Å². The molecule has 0 bridgehead atoms. The highest BCUT2D eigenvalue weighted by atomic mass is 16.6. The summed E-state index contributed by atoms with van der Waals surface area (Å²) < 4.78 is 10.4. The fraction of sp³-hybridized carbons (Fsp3) is 0.526. The van der Waals surface area contributed by atoms with Crippen molar-refractivity contribution < 1.29 is 28.8 Å². The maximum atomic E-state index is 12.5. The molecule has 0 saturated carbocycles. The van der Waals surface area contributed by atoms with Crippen LogP contribution in [0.3, 0.4) is 0 Å². The minimum absolute atomic E-state index is 0.0750. The Bertz CT molecular complexity index is 751. The van der Waals surface area contributed by atoms with Crippen LogP contribution in [0.15, 0.2) is 24.3 Å². The number of carbonyl (C=O) groups excluding carboxylic acids is 3. The molecule has 1 aliphatic rings. The van der Waals surface area contributed by atoms with E-state index in [0.29, 0.717) is 38.3 Å². The van der Waals surface area contributed by atoms with Gasteiger partial charge in [-0.3, -0.25) is 24.5 Å². The van der Waals surface area contributed by atoms with E-state index in [2.05, 4.69) is 0 Å². The van der Waals surface area contributed by atoms with Crippen molar-refractivity contribution in [3.05, 3.63) is 34.4 Å². The Morgan fingerprint density at radius 2 is 1.97 bits per heavy atom. The highest BCUT2D eigenvalue weighted by Crippen LogP contribution is 2.19. The number of nitro groups is 1. The van der Waals surface area contributed by atoms with Crippen LogP contribution >= 0.6 is 0 Å². The smallest absolute Gasteiger partial charge is 0.310 e. The van der Waals surface area contributed by atoms with Crippen LogP contribution in [-0.4, -0.2) is 72.4 Å². The number of nitro benzene ring substituents is 1. The molecule has 29 heavy (non-hydrogen) atoms. The fourth-order valence-corrected chi connectivity index (χ4v) is 2.97. The van der Waals surface area contributed by atoms with E-state index in [1.807, 2.05) is 0 Å². The van der Waals surface area contributed by atoms with Crippen molar-refractivity contribution in [2.45, 2.75) is 19.8 Å². The Hall–Kier alpha value is -3.17. The van der Waals surface area contributed by atoms with Gasteiger partial charge in [0.15, 0.2) is 6.61 Å². The summed E-state index contributed by atoms with van der Waals surface area (Å²) in [7, 11) is 1.49. The second kappa shape index (κ2) is 10.4. The monoisotopic (exact) mass is 407 g/mol. The summed E-state index contributed by atoms with van der Waals surface area (Å²) in [5, 5.41) is 10.6. The van der Waals surface area contributed by atoms with Gasteiger partial charge in [-0.25, -0.2) is 0 Å². The molecule has 158 valence electrons. The molecule has 0 N–H and O–H groups in total. The molecule has 1 heterocycles. The molecule has 1 fully saturated rings. The van der Waals surface area contributed by atoms with Crippen molar-refractivity contribution in [1.29, 1.82) is 0 Å². The number of benzene rings is 1. The van der Waals surface area contributed by atoms with E-state index in [1.54, 1.807) is 11.8 Å². The number of likely N-dealkylation sites (tertiary alicyclic amines) is 1. The number of piperidine rings is 1. The fourth-order valence-electron chi connectivity index (χ4n) is 2.97. The van der Waals surface area contributed by atoms with E-state index < -0.39 is 10.8 Å². The van der Waals surface area contributed by atoms with Crippen molar-refractivity contribution in [3.63, 3.8) is 0 Å². The largest absolute Gasteiger partial charge is 0.484 e. The zero-order chi connectivity index (χ0) is 21.4. The van der Waals surface area contributed by atoms with Gasteiger partial charge in [0.25, 0.3) is 11.6 Å². The number of hydrogen-bond acceptors (Lipinski definition) is 7. The molecular weight excluding hydrogens is 382 g/mol. The average Bonchev–Trinajstić information content (AvgIpc) is 2.72. The Balaban J connectivity index is 1.81. The highest BCUT2D eigenvalue weighted by molar-refractivity contribution is 5.85. The second-order valence-electron chi connectivity index (χ2n) is 6.72. The molecule has 1 unspecified atom stereocenters. The molecule has 1 atom stereocenters. The van der Waals surface area contributed by atoms with Gasteiger partial charge in [0.05, 0.1) is 24.0 Å². The first-order valence-corrected chi connectivity index (χ1v) is 9.37. The lowest BCUT2D eigenvalue weighted by Gasteiger charge is -2.32. The summed E-state index contributed by atoms with van der Waals surface area (Å²) in [5.41, 5.74) is -0.0750. The van der Waals surface area contributed by atoms with Gasteiger partial charge in [-0.1, -0.05) is 0 Å². The summed E-state index contributed by atoms with van der Waals surface area (Å²) >= 11 is 0. The molecule has 2 rings (SSSR count). The number of rotatable bonds is 8. The van der Waals surface area contributed by atoms with Crippen LogP contribution in [0.5, 0.6) is 5.75 Å². The summed E-state index contributed by atoms with van der Waals surface area (Å²) in [6.45, 7) is 2.44. The standard InChI is InChI=1S/C19H25N3O7/c1-3-28-19(25)14-5-4-10-21(11-14)17(23)12-20(2)18(24)13-29-16-8-6-15(7-9-16)22(26)27/h6-9,14H,3-5,10-13H2,1-2H3. The van der Waals surface area contributed by atoms with Gasteiger partial charge in [0, 0.05) is 32.3 Å². The number of non-ortho nitro benzene ring substituents is 1. The molecule has 10 nitrogen and oxygen atoms in total. The van der Waals surface area contributed by atoms with Gasteiger partial charge in [0.1, 0.15) is 5.75 Å². The molecule has 1 saturated heterocycles. The van der Waals surface area contributed by atoms with Gasteiger partial charge < -0.3 is 19.3 Å². The number of likely N-dealkylation sites (N-methyl/N-ethyl adjacent to an activating group) is 1. The maximum Gasteiger partial charge on any atom is 0.310 e. The lowest BCUT2D eigenvalue weighted by atomic mass is 9.98. The molecule has 1 aromatic rings. The van der Waals surface area contributed by atoms with Crippen molar-refractivity contribution >= 4 is 23.5 Å². The van der Waals surface area contributed by atoms with Crippen LogP contribution in [0.4, 0.5) is 5.69 Å². The van der Waals surface area contributed by atoms with Crippen molar-refractivity contribution in [2.24, 2.45) is 5.92 Å². The van der Waals surface area contributed by atoms with E-state index in [1.165, 1.54) is 36.2 Å². The van der Waals surface area contributed by atoms with Crippen LogP contribution in [0.25, 0.3) is 0 Å². The minimum Gasteiger partial charge on any atom is -0.484 e. The Kier molecular flexibility index (Phi) is 7.93. The van der Waals surface area contributed by atoms with Gasteiger partial charge >= 0.3 is 5.97 Å². The molecule has 0 aliphatic carbocycles. The van der Waals surface area contributed by atoms with Gasteiger partial charge in [0.2, 0.25) is 5.91 Å². The summed E-state index contributed by atoms with van der Waals surface area (Å²) in [4.78, 5) is 49.5. The van der Waals surface area contributed by atoms with Crippen LogP contribution in [-0.2, 0) is 19.1 Å². The Morgan fingerprint density at radius 3 is 2.59 bits per heavy atom. The van der Waals surface area contributed by atoms with Crippen LogP contribution in [0.2, 0.25) is 0 Å². The Morgan fingerprint density at radius 1 is 1.28 bits per heavy atom. The van der Waals surface area contributed by atoms with E-state index >= 15 is 0 Å². The number of hydrogen-bond donors (Lipinski definition) is 0. The first-order chi connectivity index (χ1) is 13.8. The van der Waals surface area contributed by atoms with Crippen LogP contribution in [0, 0.1) is 16.0 Å². The van der Waals surface area contributed by atoms with E-state index in [9.17, 15) is 24.5 Å². The lowest BCUT2D eigenvalue weighted by Crippen LogP contribution is -2.47. The maximum absolute atomic E-state index is 12.5. The normalized spacial score (nSPS) is 16.1. The van der Waals surface area contributed by atoms with Crippen molar-refractivity contribution in [2.75, 3.05) is 39.9 Å². The number of carbonyl (C=O) groups is 3. The van der Waals surface area contributed by atoms with Crippen LogP contribution < -0.4 is 4.74 Å². The molecular formula is C19H25N3O7. The topological polar surface area (TPSA) is 119 Å². The van der Waals surface area contributed by atoms with Crippen LogP contribution in [0.1, 0.15) is 19.8 Å². The predicted octanol–water partition coefficient (Wildman–Crippen LogP) is 1.23. The van der Waals surface area contributed by atoms with Crippen molar-refractivity contribution in [3.8, 4) is 5.75 Å². The number of ether oxygens (including phenoxy) is 2. The van der Waals surface area contributed by atoms with E-state index in [0.717, 1.165) is 0 Å². The SMILES string of the molecule is CCOC(=O)C1CCCN(C(=O)CN(C)C(=O)COc2ccc([N+](=O)[O-])cc2)C1. The van der Waals surface area contributed by atoms with Gasteiger partial charge in [-0.15, -0.1) is 0 Å². The third kappa shape index (κ3) is 6.44. The molecule has 1 aliphatic heterocycles. The molecule has 1 aromatic carbocycles. The second-order valence-corrected chi connectivity index (χ2v) is 6.72. The Labute approximate surface area is 168 Å². The molecule has 0 spiro atoms. The molecule has 0 radical (unpaired) electrons. The minimum atomic E-state index is -0.526. The first-order valence-electron chi connectivity index (χ1n) is 9.37. The number of nitrogens with zero attached hydrogens (tertiary/aromatic N) is 3. The van der Waals surface area contributed by atoms with E-state index in [-0.39, 0.29) is 36.6 Å². The lowest BCUT2D eigenvalue weighted by molar-refractivity contribution is -0.384. The average molecular weight is 407 g/mol. The third-order valence-corrected chi connectivity index (χ3v) is 4.60. The molecule has 0 aromatic heterocycles. The molecule has 2 amide bonds. The summed E-state index contributed by atoms with van der Waals surface area (Å²) in [6, 6.07) is 5.37.